The topological polar surface area (TPSA) is 70.4 Å². The maximum absolute atomic E-state index is 12.9. The highest BCUT2D eigenvalue weighted by molar-refractivity contribution is 5.91. The molecule has 0 saturated heterocycles. The minimum Gasteiger partial charge on any atom is -0.484 e. The van der Waals surface area contributed by atoms with Crippen LogP contribution in [0.3, 0.4) is 0 Å². The van der Waals surface area contributed by atoms with Gasteiger partial charge in [-0.25, -0.2) is 18.3 Å². The molecule has 0 amide bonds. The lowest BCUT2D eigenvalue weighted by Gasteiger charge is -2.15. The molecule has 2 rings (SSSR count). The van der Waals surface area contributed by atoms with E-state index in [0.29, 0.717) is 0 Å². The molecule has 0 fully saturated rings. The third-order valence-corrected chi connectivity index (χ3v) is 3.60. The Balaban J connectivity index is 0.00000249. The van der Waals surface area contributed by atoms with E-state index in [1.807, 2.05) is 13.8 Å². The van der Waals surface area contributed by atoms with Gasteiger partial charge >= 0.3 is 12.2 Å². The minimum atomic E-state index is -4.52. The van der Waals surface area contributed by atoms with Crippen LogP contribution in [0.5, 0.6) is 11.8 Å². The van der Waals surface area contributed by atoms with Crippen molar-refractivity contribution < 1.29 is 36.2 Å². The number of hydrogen-bond donors (Lipinski definition) is 0. The van der Waals surface area contributed by atoms with Gasteiger partial charge < -0.3 is 9.47 Å². The molecule has 0 radical (unpaired) electrons. The Morgan fingerprint density at radius 1 is 1.16 bits per heavy atom. The molecule has 6 nitrogen and oxygen atoms in total. The summed E-state index contributed by atoms with van der Waals surface area (Å²) >= 11 is 0. The maximum Gasteiger partial charge on any atom is 0.422 e. The zero-order chi connectivity index (χ0) is 24.5. The Morgan fingerprint density at radius 2 is 1.75 bits per heavy atom. The van der Waals surface area contributed by atoms with Crippen molar-refractivity contribution in [3.8, 4) is 17.4 Å². The van der Waals surface area contributed by atoms with Crippen LogP contribution in [-0.4, -0.2) is 41.1 Å². The Bertz CT molecular complexity index is 983. The van der Waals surface area contributed by atoms with E-state index < -0.39 is 37.4 Å². The van der Waals surface area contributed by atoms with Crippen molar-refractivity contribution >= 4 is 11.9 Å². The average Bonchev–Trinajstić information content (AvgIpc) is 2.71. The third kappa shape index (κ3) is 8.12. The fourth-order valence-electron chi connectivity index (χ4n) is 2.33. The molecule has 0 N–H and O–H groups in total. The molecule has 0 aliphatic heterocycles. The number of ether oxygens (including phenoxy) is 2. The lowest BCUT2D eigenvalue weighted by molar-refractivity contribution is -0.153. The number of alkyl halides is 5. The van der Waals surface area contributed by atoms with Gasteiger partial charge in [0.15, 0.2) is 19.0 Å². The monoisotopic (exact) mass is 462 g/mol. The van der Waals surface area contributed by atoms with Crippen LogP contribution >= 0.6 is 0 Å². The summed E-state index contributed by atoms with van der Waals surface area (Å²) in [5, 5.41) is 0. The minimum absolute atomic E-state index is 0.0204. The lowest BCUT2D eigenvalue weighted by atomic mass is 10.2. The zero-order valence-corrected chi connectivity index (χ0v) is 17.9. The molecule has 0 aliphatic rings. The highest BCUT2D eigenvalue weighted by Crippen LogP contribution is 2.22. The van der Waals surface area contributed by atoms with E-state index in [9.17, 15) is 31.5 Å². The number of rotatable bonds is 8. The van der Waals surface area contributed by atoms with Gasteiger partial charge in [0.2, 0.25) is 0 Å². The van der Waals surface area contributed by atoms with Gasteiger partial charge in [-0.3, -0.25) is 9.59 Å². The second-order valence-electron chi connectivity index (χ2n) is 6.08. The summed E-state index contributed by atoms with van der Waals surface area (Å²) in [6, 6.07) is 4.42. The highest BCUT2D eigenvalue weighted by atomic mass is 19.4. The normalized spacial score (nSPS) is 11.3. The van der Waals surface area contributed by atoms with Gasteiger partial charge in [0, 0.05) is 0 Å². The highest BCUT2D eigenvalue weighted by Gasteiger charge is 2.28. The first kappa shape index (κ1) is 26.8. The predicted molar refractivity (Wildman–Crippen MR) is 109 cm³/mol. The van der Waals surface area contributed by atoms with Gasteiger partial charge in [-0.1, -0.05) is 13.8 Å². The van der Waals surface area contributed by atoms with E-state index in [-0.39, 0.29) is 28.5 Å². The zero-order valence-electron chi connectivity index (χ0n) is 17.9. The molecule has 176 valence electrons. The number of nitrogens with zero attached hydrogens (tertiary/aromatic N) is 2. The SMILES string of the molecule is CC.CC(=O)/C=C\c1c(C)nc(OCC(F)F)n(-c2ccc(OCC(F)(F)F)cc2)c1=O. The van der Waals surface area contributed by atoms with E-state index in [1.54, 1.807) is 0 Å². The Kier molecular flexibility index (Phi) is 10.0. The molecule has 1 aromatic heterocycles. The first-order chi connectivity index (χ1) is 15.0. The van der Waals surface area contributed by atoms with E-state index in [2.05, 4.69) is 9.72 Å². The van der Waals surface area contributed by atoms with Gasteiger partial charge in [-0.05, 0) is 50.3 Å². The van der Waals surface area contributed by atoms with Crippen molar-refractivity contribution in [1.29, 1.82) is 0 Å². The van der Waals surface area contributed by atoms with Crippen LogP contribution < -0.4 is 15.0 Å². The molecule has 0 saturated carbocycles. The number of carbonyl (C=O) groups excluding carboxylic acids is 1. The van der Waals surface area contributed by atoms with Gasteiger partial charge in [0.1, 0.15) is 5.75 Å². The molecule has 11 heteroatoms. The van der Waals surface area contributed by atoms with Crippen molar-refractivity contribution in [1.82, 2.24) is 9.55 Å². The molecule has 32 heavy (non-hydrogen) atoms. The summed E-state index contributed by atoms with van der Waals surface area (Å²) in [7, 11) is 0. The molecule has 1 aromatic carbocycles. The number of halogens is 5. The number of carbonyl (C=O) groups is 1. The molecule has 0 unspecified atom stereocenters. The summed E-state index contributed by atoms with van der Waals surface area (Å²) in [4.78, 5) is 28.1. The summed E-state index contributed by atoms with van der Waals surface area (Å²) < 4.78 is 72.4. The van der Waals surface area contributed by atoms with Crippen molar-refractivity contribution in [3.05, 3.63) is 52.0 Å². The molecule has 0 atom stereocenters. The van der Waals surface area contributed by atoms with Crippen molar-refractivity contribution in [2.45, 2.75) is 40.3 Å². The second kappa shape index (κ2) is 12.0. The number of hydrogen-bond acceptors (Lipinski definition) is 5. The van der Waals surface area contributed by atoms with Crippen LogP contribution in [0.2, 0.25) is 0 Å². The Labute approximate surface area is 181 Å². The second-order valence-corrected chi connectivity index (χ2v) is 6.08. The van der Waals surface area contributed by atoms with Crippen LogP contribution in [-0.2, 0) is 4.79 Å². The third-order valence-electron chi connectivity index (χ3n) is 3.60. The first-order valence-electron chi connectivity index (χ1n) is 9.51. The Hall–Kier alpha value is -3.24. The molecule has 2 aromatic rings. The molecule has 0 spiro atoms. The quantitative estimate of drug-likeness (QED) is 0.418. The first-order valence-corrected chi connectivity index (χ1v) is 9.51. The number of benzene rings is 1. The number of aryl methyl sites for hydroxylation is 1. The van der Waals surface area contributed by atoms with Gasteiger partial charge in [0.25, 0.3) is 12.0 Å². The molecular formula is C21H23F5N2O4. The number of ketones is 1. The van der Waals surface area contributed by atoms with Crippen molar-refractivity contribution in [2.24, 2.45) is 0 Å². The molecule has 1 heterocycles. The van der Waals surface area contributed by atoms with Crippen LogP contribution in [0.15, 0.2) is 35.1 Å². The van der Waals surface area contributed by atoms with Crippen LogP contribution in [0.1, 0.15) is 32.0 Å². The van der Waals surface area contributed by atoms with E-state index in [4.69, 9.17) is 4.74 Å². The van der Waals surface area contributed by atoms with Crippen LogP contribution in [0.4, 0.5) is 22.0 Å². The number of allylic oxidation sites excluding steroid dienone is 1. The average molecular weight is 462 g/mol. The fourth-order valence-corrected chi connectivity index (χ4v) is 2.33. The summed E-state index contributed by atoms with van der Waals surface area (Å²) in [6.07, 6.45) is -4.97. The van der Waals surface area contributed by atoms with Crippen LogP contribution in [0, 0.1) is 6.92 Å². The lowest BCUT2D eigenvalue weighted by Crippen LogP contribution is -2.26. The summed E-state index contributed by atoms with van der Waals surface area (Å²) in [6.45, 7) is 4.19. The van der Waals surface area contributed by atoms with Gasteiger partial charge in [-0.2, -0.15) is 13.2 Å². The van der Waals surface area contributed by atoms with Gasteiger partial charge in [-0.15, -0.1) is 0 Å². The largest absolute Gasteiger partial charge is 0.484 e. The summed E-state index contributed by atoms with van der Waals surface area (Å²) in [5.74, 6) is -0.444. The molecule has 0 bridgehead atoms. The number of aromatic nitrogens is 2. The van der Waals surface area contributed by atoms with Gasteiger partial charge in [0.05, 0.1) is 16.9 Å². The van der Waals surface area contributed by atoms with Crippen LogP contribution in [0.25, 0.3) is 11.8 Å². The van der Waals surface area contributed by atoms with E-state index >= 15 is 0 Å². The standard InChI is InChI=1S/C19H17F5N2O4.C2H6/c1-11(27)3-8-15-12(2)25-18(29-9-16(20)21)26(17(15)28)13-4-6-14(7-5-13)30-10-19(22,23)24;1-2/h3-8,16H,9-10H2,1-2H3;1-2H3/b8-3-;. The Morgan fingerprint density at radius 3 is 2.25 bits per heavy atom. The van der Waals surface area contributed by atoms with E-state index in [0.717, 1.165) is 10.6 Å². The van der Waals surface area contributed by atoms with Crippen molar-refractivity contribution in [3.63, 3.8) is 0 Å². The molecular weight excluding hydrogens is 439 g/mol. The maximum atomic E-state index is 12.9. The smallest absolute Gasteiger partial charge is 0.422 e. The predicted octanol–water partition coefficient (Wildman–Crippen LogP) is 4.75. The van der Waals surface area contributed by atoms with Crippen molar-refractivity contribution in [2.75, 3.05) is 13.2 Å². The summed E-state index contributed by atoms with van der Waals surface area (Å²) in [5.41, 5.74) is -0.461. The van der Waals surface area contributed by atoms with E-state index in [1.165, 1.54) is 44.2 Å². The fraction of sp³-hybridized carbons (Fsp3) is 0.381. The molecule has 0 aliphatic carbocycles.